The number of nitrogens with one attached hydrogen (secondary N) is 2. The number of halogens is 1. The van der Waals surface area contributed by atoms with Gasteiger partial charge in [0.05, 0.1) is 29.2 Å². The molecule has 9 heteroatoms. The molecule has 1 aliphatic heterocycles. The number of likely N-dealkylation sites (tertiary alicyclic amines) is 1. The standard InChI is InChI=1S/C30H27FN6O2.C2H6/c31-23-3-1-2-21(13-23)27-7-5-24(17-33-27)34-30(39)29-26-14-20(4-6-28(26)35-36-29)22-12-19(15-32-16-22)18-37-10-8-25(38)9-11-37;1-2/h1-7,12-17,25,38H,8-11,18H2,(H,34,39)(H,35,36);1-2H3. The molecule has 1 aliphatic rings. The average Bonchev–Trinajstić information content (AvgIpc) is 3.44. The molecule has 0 radical (unpaired) electrons. The molecule has 2 aromatic carbocycles. The van der Waals surface area contributed by atoms with Crippen molar-refractivity contribution in [2.45, 2.75) is 39.3 Å². The van der Waals surface area contributed by atoms with E-state index in [0.29, 0.717) is 22.3 Å². The van der Waals surface area contributed by atoms with E-state index >= 15 is 0 Å². The number of amides is 1. The molecule has 210 valence electrons. The number of rotatable bonds is 6. The van der Waals surface area contributed by atoms with E-state index in [2.05, 4.69) is 36.4 Å². The number of hydrogen-bond acceptors (Lipinski definition) is 6. The predicted molar refractivity (Wildman–Crippen MR) is 159 cm³/mol. The lowest BCUT2D eigenvalue weighted by molar-refractivity contribution is 0.0792. The number of aromatic amines is 1. The third-order valence-corrected chi connectivity index (χ3v) is 7.01. The van der Waals surface area contributed by atoms with E-state index in [-0.39, 0.29) is 23.5 Å². The molecule has 0 spiro atoms. The number of H-pyrrole nitrogens is 1. The highest BCUT2D eigenvalue weighted by Gasteiger charge is 2.18. The smallest absolute Gasteiger partial charge is 0.276 e. The van der Waals surface area contributed by atoms with E-state index in [1.165, 1.54) is 12.1 Å². The summed E-state index contributed by atoms with van der Waals surface area (Å²) >= 11 is 0. The second kappa shape index (κ2) is 12.8. The van der Waals surface area contributed by atoms with Gasteiger partial charge in [0.15, 0.2) is 5.69 Å². The first-order valence-corrected chi connectivity index (χ1v) is 13.9. The van der Waals surface area contributed by atoms with Crippen LogP contribution in [0.4, 0.5) is 10.1 Å². The maximum atomic E-state index is 13.5. The Hall–Kier alpha value is -4.47. The Morgan fingerprint density at radius 2 is 1.83 bits per heavy atom. The molecule has 1 amide bonds. The van der Waals surface area contributed by atoms with Crippen LogP contribution < -0.4 is 5.32 Å². The van der Waals surface area contributed by atoms with E-state index in [1.807, 2.05) is 44.4 Å². The zero-order valence-corrected chi connectivity index (χ0v) is 23.1. The number of piperidine rings is 1. The third kappa shape index (κ3) is 6.65. The van der Waals surface area contributed by atoms with Crippen LogP contribution in [0.15, 0.2) is 79.3 Å². The Bertz CT molecular complexity index is 1630. The molecule has 5 aromatic rings. The van der Waals surface area contributed by atoms with Crippen molar-refractivity contribution in [3.63, 3.8) is 0 Å². The van der Waals surface area contributed by atoms with E-state index < -0.39 is 0 Å². The fourth-order valence-corrected chi connectivity index (χ4v) is 4.91. The van der Waals surface area contributed by atoms with Crippen LogP contribution in [-0.2, 0) is 6.54 Å². The summed E-state index contributed by atoms with van der Waals surface area (Å²) in [7, 11) is 0. The summed E-state index contributed by atoms with van der Waals surface area (Å²) in [6, 6.07) is 17.6. The Kier molecular flexibility index (Phi) is 8.76. The minimum absolute atomic E-state index is 0.199. The molecule has 0 aliphatic carbocycles. The first kappa shape index (κ1) is 28.1. The number of benzene rings is 2. The number of aliphatic hydroxyl groups is 1. The number of aromatic nitrogens is 4. The minimum Gasteiger partial charge on any atom is -0.393 e. The summed E-state index contributed by atoms with van der Waals surface area (Å²) in [5.74, 6) is -0.695. The summed E-state index contributed by atoms with van der Waals surface area (Å²) in [6.07, 6.45) is 6.62. The first-order chi connectivity index (χ1) is 20.0. The summed E-state index contributed by atoms with van der Waals surface area (Å²) < 4.78 is 13.5. The number of carbonyl (C=O) groups excluding carboxylic acids is 1. The molecule has 0 unspecified atom stereocenters. The molecule has 4 heterocycles. The van der Waals surface area contributed by atoms with Gasteiger partial charge < -0.3 is 10.4 Å². The SMILES string of the molecule is CC.O=C(Nc1ccc(-c2cccc(F)c2)nc1)c1n[nH]c2ccc(-c3cncc(CN4CCC(O)CC4)c3)cc12. The van der Waals surface area contributed by atoms with Crippen LogP contribution in [0.5, 0.6) is 0 Å². The number of nitrogens with zero attached hydrogens (tertiary/aromatic N) is 4. The van der Waals surface area contributed by atoms with Gasteiger partial charge in [-0.05, 0) is 66.4 Å². The molecule has 1 saturated heterocycles. The van der Waals surface area contributed by atoms with Gasteiger partial charge in [-0.25, -0.2) is 4.39 Å². The van der Waals surface area contributed by atoms with E-state index in [9.17, 15) is 14.3 Å². The van der Waals surface area contributed by atoms with Crippen molar-refractivity contribution in [2.24, 2.45) is 0 Å². The molecule has 0 atom stereocenters. The summed E-state index contributed by atoms with van der Waals surface area (Å²) in [6.45, 7) is 6.52. The number of fused-ring (bicyclic) bond motifs is 1. The van der Waals surface area contributed by atoms with Crippen molar-refractivity contribution in [2.75, 3.05) is 18.4 Å². The second-order valence-corrected chi connectivity index (χ2v) is 9.82. The summed E-state index contributed by atoms with van der Waals surface area (Å²) in [5, 5.41) is 20.5. The highest BCUT2D eigenvalue weighted by molar-refractivity contribution is 6.11. The van der Waals surface area contributed by atoms with Gasteiger partial charge in [0, 0.05) is 48.5 Å². The van der Waals surface area contributed by atoms with Crippen molar-refractivity contribution < 1.29 is 14.3 Å². The van der Waals surface area contributed by atoms with Crippen LogP contribution in [0.1, 0.15) is 42.7 Å². The van der Waals surface area contributed by atoms with Gasteiger partial charge >= 0.3 is 0 Å². The molecule has 0 saturated carbocycles. The Morgan fingerprint density at radius 1 is 1.00 bits per heavy atom. The van der Waals surface area contributed by atoms with Gasteiger partial charge in [-0.3, -0.25) is 24.8 Å². The first-order valence-electron chi connectivity index (χ1n) is 13.9. The number of aliphatic hydroxyl groups excluding tert-OH is 1. The molecule has 3 N–H and O–H groups in total. The van der Waals surface area contributed by atoms with Gasteiger partial charge in [-0.15, -0.1) is 0 Å². The molecule has 8 nitrogen and oxygen atoms in total. The van der Waals surface area contributed by atoms with Gasteiger partial charge in [0.1, 0.15) is 5.82 Å². The number of anilines is 1. The maximum Gasteiger partial charge on any atom is 0.276 e. The fraction of sp³-hybridized carbons (Fsp3) is 0.250. The Morgan fingerprint density at radius 3 is 2.59 bits per heavy atom. The lowest BCUT2D eigenvalue weighted by Crippen LogP contribution is -2.35. The van der Waals surface area contributed by atoms with Crippen molar-refractivity contribution >= 4 is 22.5 Å². The zero-order valence-electron chi connectivity index (χ0n) is 23.1. The van der Waals surface area contributed by atoms with Crippen molar-refractivity contribution in [3.05, 3.63) is 96.3 Å². The summed E-state index contributed by atoms with van der Waals surface area (Å²) in [4.78, 5) is 24.3. The van der Waals surface area contributed by atoms with Crippen LogP contribution >= 0.6 is 0 Å². The lowest BCUT2D eigenvalue weighted by Gasteiger charge is -2.29. The van der Waals surface area contributed by atoms with Crippen LogP contribution in [0, 0.1) is 5.82 Å². The van der Waals surface area contributed by atoms with E-state index in [1.54, 1.807) is 30.5 Å². The summed E-state index contributed by atoms with van der Waals surface area (Å²) in [5.41, 5.74) is 5.79. The predicted octanol–water partition coefficient (Wildman–Crippen LogP) is 6.06. The second-order valence-electron chi connectivity index (χ2n) is 9.82. The van der Waals surface area contributed by atoms with Gasteiger partial charge in [0.2, 0.25) is 0 Å². The number of hydrogen-bond donors (Lipinski definition) is 3. The topological polar surface area (TPSA) is 107 Å². The molecule has 41 heavy (non-hydrogen) atoms. The number of carbonyl (C=O) groups is 1. The molecule has 0 bridgehead atoms. The Balaban J connectivity index is 0.00000165. The minimum atomic E-state index is -0.363. The van der Waals surface area contributed by atoms with E-state index in [0.717, 1.165) is 54.7 Å². The monoisotopic (exact) mass is 552 g/mol. The molecule has 1 fully saturated rings. The van der Waals surface area contributed by atoms with Crippen molar-refractivity contribution in [3.8, 4) is 22.4 Å². The fourth-order valence-electron chi connectivity index (χ4n) is 4.91. The third-order valence-electron chi connectivity index (χ3n) is 7.01. The molecular formula is C32H33FN6O2. The highest BCUT2D eigenvalue weighted by atomic mass is 19.1. The van der Waals surface area contributed by atoms with E-state index in [4.69, 9.17) is 0 Å². The van der Waals surface area contributed by atoms with Crippen LogP contribution in [-0.4, -0.2) is 55.3 Å². The number of pyridine rings is 2. The maximum absolute atomic E-state index is 13.5. The van der Waals surface area contributed by atoms with Crippen molar-refractivity contribution in [1.29, 1.82) is 0 Å². The Labute approximate surface area is 238 Å². The van der Waals surface area contributed by atoms with Gasteiger partial charge in [-0.1, -0.05) is 32.0 Å². The highest BCUT2D eigenvalue weighted by Crippen LogP contribution is 2.27. The zero-order chi connectivity index (χ0) is 28.8. The van der Waals surface area contributed by atoms with Gasteiger partial charge in [-0.2, -0.15) is 5.10 Å². The largest absolute Gasteiger partial charge is 0.393 e. The van der Waals surface area contributed by atoms with Crippen LogP contribution in [0.25, 0.3) is 33.3 Å². The van der Waals surface area contributed by atoms with Crippen LogP contribution in [0.3, 0.4) is 0 Å². The lowest BCUT2D eigenvalue weighted by atomic mass is 10.0. The van der Waals surface area contributed by atoms with Crippen LogP contribution in [0.2, 0.25) is 0 Å². The van der Waals surface area contributed by atoms with Gasteiger partial charge in [0.25, 0.3) is 5.91 Å². The average molecular weight is 553 g/mol. The normalized spacial score (nSPS) is 14.0. The molecular weight excluding hydrogens is 519 g/mol. The van der Waals surface area contributed by atoms with Crippen molar-refractivity contribution in [1.82, 2.24) is 25.1 Å². The quantitative estimate of drug-likeness (QED) is 0.236. The molecule has 6 rings (SSSR count). The molecule has 3 aromatic heterocycles.